The van der Waals surface area contributed by atoms with Gasteiger partial charge in [-0.05, 0) is 128 Å². The lowest BCUT2D eigenvalue weighted by atomic mass is 10.0. The zero-order chi connectivity index (χ0) is 32.0. The summed E-state index contributed by atoms with van der Waals surface area (Å²) in [5, 5.41) is 25.4. The molecular formula is C28H49I2N9O4. The molecule has 0 radical (unpaired) electrons. The van der Waals surface area contributed by atoms with E-state index in [4.69, 9.17) is 17.2 Å². The highest BCUT2D eigenvalue weighted by atomic mass is 125. The van der Waals surface area contributed by atoms with E-state index in [0.717, 1.165) is 57.4 Å². The summed E-state index contributed by atoms with van der Waals surface area (Å²) in [5.74, 6) is -0.343. The molecule has 0 bridgehead atoms. The molecular weight excluding hydrogens is 776 g/mol. The van der Waals surface area contributed by atoms with Crippen molar-refractivity contribution in [3.63, 3.8) is 0 Å². The summed E-state index contributed by atoms with van der Waals surface area (Å²) in [6, 6.07) is 2.37. The van der Waals surface area contributed by atoms with E-state index in [0.29, 0.717) is 52.5 Å². The number of unbranched alkanes of at least 4 members (excludes halogenated alkanes) is 1. The van der Waals surface area contributed by atoms with Crippen molar-refractivity contribution in [2.75, 3.05) is 45.8 Å². The molecule has 2 atom stereocenters. The van der Waals surface area contributed by atoms with Crippen LogP contribution in [0, 0.1) is 7.14 Å². The first-order valence-electron chi connectivity index (χ1n) is 14.8. The molecule has 1 aromatic carbocycles. The van der Waals surface area contributed by atoms with E-state index >= 15 is 0 Å². The normalized spacial score (nSPS) is 12.3. The van der Waals surface area contributed by atoms with Gasteiger partial charge in [-0.15, -0.1) is 0 Å². The van der Waals surface area contributed by atoms with Crippen molar-refractivity contribution >= 4 is 68.9 Å². The van der Waals surface area contributed by atoms with E-state index in [1.165, 1.54) is 0 Å². The van der Waals surface area contributed by atoms with E-state index in [1.54, 1.807) is 0 Å². The molecule has 0 aromatic heterocycles. The summed E-state index contributed by atoms with van der Waals surface area (Å²) in [4.78, 5) is 40.9. The summed E-state index contributed by atoms with van der Waals surface area (Å²) in [7, 11) is 0. The number of halogens is 2. The minimum absolute atomic E-state index is 0.0102. The standard InChI is InChI=1S/C28H49I2N9O4/c1-2-7-24(40)39-23(18-19-16-20(29)25(41)21(30)17-19)27(43)37-14-6-12-35-10-4-3-9-34-11-5-13-36-26(42)22(31)8-15-38-28(32)33/h16-17,22-23,34-35,41H,2-15,18,31H2,1H3,(H,36,42)(H,37,43)(H,39,40)(H4,32,33,38)/t22-,23-/m0/s1/i29-2,30-2. The number of amides is 3. The van der Waals surface area contributed by atoms with Crippen LogP contribution in [0.4, 0.5) is 0 Å². The molecule has 0 fully saturated rings. The number of rotatable bonds is 23. The molecule has 13 nitrogen and oxygen atoms in total. The maximum absolute atomic E-state index is 12.9. The number of carbonyl (C=O) groups excluding carboxylic acids is 3. The molecule has 3 amide bonds. The number of nitrogens with two attached hydrogens (primary N) is 3. The van der Waals surface area contributed by atoms with Crippen molar-refractivity contribution in [1.82, 2.24) is 26.6 Å². The van der Waals surface area contributed by atoms with Crippen molar-refractivity contribution in [3.05, 3.63) is 24.8 Å². The molecule has 12 N–H and O–H groups in total. The lowest BCUT2D eigenvalue weighted by Crippen LogP contribution is -2.48. The maximum Gasteiger partial charge on any atom is 0.242 e. The SMILES string of the molecule is CCCC(=O)N[C@@H](Cc1cc([125I])c(O)c([125I])c1)C(=O)NCCCNCCCCNCCCNC(=O)[C@@H](N)CCN=C(N)N. The second-order valence-corrected chi connectivity index (χ2v) is 12.5. The minimum atomic E-state index is -0.675. The number of nitrogens with zero attached hydrogens (tertiary/aromatic N) is 1. The number of nitrogens with one attached hydrogen (secondary N) is 5. The largest absolute Gasteiger partial charge is 0.506 e. The van der Waals surface area contributed by atoms with Crippen molar-refractivity contribution in [1.29, 1.82) is 0 Å². The van der Waals surface area contributed by atoms with Crippen LogP contribution in [0.3, 0.4) is 0 Å². The molecule has 1 rings (SSSR count). The fraction of sp³-hybridized carbons (Fsp3) is 0.643. The highest BCUT2D eigenvalue weighted by Gasteiger charge is 2.21. The zero-order valence-electron chi connectivity index (χ0n) is 25.0. The van der Waals surface area contributed by atoms with E-state index in [1.807, 2.05) is 19.1 Å². The van der Waals surface area contributed by atoms with Gasteiger partial charge in [-0.1, -0.05) is 6.92 Å². The van der Waals surface area contributed by atoms with Crippen LogP contribution in [0.15, 0.2) is 17.1 Å². The molecule has 0 aliphatic rings. The Morgan fingerprint density at radius 2 is 1.42 bits per heavy atom. The fourth-order valence-corrected chi connectivity index (χ4v) is 5.89. The Morgan fingerprint density at radius 3 is 1.95 bits per heavy atom. The Bertz CT molecular complexity index is 1000. The van der Waals surface area contributed by atoms with Crippen molar-refractivity contribution in [3.8, 4) is 5.75 Å². The third-order valence-corrected chi connectivity index (χ3v) is 7.98. The number of carbonyl (C=O) groups is 3. The summed E-state index contributed by atoms with van der Waals surface area (Å²) >= 11 is 4.12. The third-order valence-electron chi connectivity index (χ3n) is 6.33. The van der Waals surface area contributed by atoms with Gasteiger partial charge >= 0.3 is 0 Å². The Morgan fingerprint density at radius 1 is 0.884 bits per heavy atom. The molecule has 0 unspecified atom stereocenters. The second-order valence-electron chi connectivity index (χ2n) is 10.2. The maximum atomic E-state index is 12.9. The molecule has 0 aliphatic heterocycles. The summed E-state index contributed by atoms with van der Waals surface area (Å²) in [6.45, 7) is 6.69. The molecule has 0 aliphatic carbocycles. The first-order valence-corrected chi connectivity index (χ1v) is 16.9. The predicted octanol–water partition coefficient (Wildman–Crippen LogP) is 0.392. The van der Waals surface area contributed by atoms with Gasteiger partial charge in [0.2, 0.25) is 17.7 Å². The highest BCUT2D eigenvalue weighted by Crippen LogP contribution is 2.27. The van der Waals surface area contributed by atoms with Crippen LogP contribution in [0.2, 0.25) is 0 Å². The Balaban J connectivity index is 2.16. The van der Waals surface area contributed by atoms with Gasteiger partial charge < -0.3 is 48.9 Å². The molecule has 1 aromatic rings. The number of aliphatic imine (C=N–C) groups is 1. The second kappa shape index (κ2) is 23.4. The van der Waals surface area contributed by atoms with E-state index in [9.17, 15) is 19.5 Å². The first-order chi connectivity index (χ1) is 20.5. The summed E-state index contributed by atoms with van der Waals surface area (Å²) < 4.78 is 1.42. The Hall–Kier alpha value is -1.96. The number of phenols is 1. The average molecular weight is 826 g/mol. The van der Waals surface area contributed by atoms with Gasteiger partial charge in [0.05, 0.1) is 13.2 Å². The fourth-order valence-electron chi connectivity index (χ4n) is 3.99. The van der Waals surface area contributed by atoms with Crippen LogP contribution in [0.1, 0.15) is 57.4 Å². The first kappa shape index (κ1) is 39.1. The van der Waals surface area contributed by atoms with Crippen molar-refractivity contribution in [2.24, 2.45) is 22.2 Å². The topological polar surface area (TPSA) is 222 Å². The number of hydrogen-bond acceptors (Lipinski definition) is 8. The molecule has 15 heteroatoms. The van der Waals surface area contributed by atoms with Crippen LogP contribution in [0.25, 0.3) is 0 Å². The van der Waals surface area contributed by atoms with Crippen LogP contribution in [-0.4, -0.2) is 86.7 Å². The zero-order valence-corrected chi connectivity index (χ0v) is 29.3. The van der Waals surface area contributed by atoms with Crippen molar-refractivity contribution in [2.45, 2.75) is 70.4 Å². The van der Waals surface area contributed by atoms with Gasteiger partial charge in [0.25, 0.3) is 0 Å². The van der Waals surface area contributed by atoms with Crippen LogP contribution in [-0.2, 0) is 20.8 Å². The van der Waals surface area contributed by atoms with Gasteiger partial charge in [0.15, 0.2) is 5.96 Å². The van der Waals surface area contributed by atoms with Crippen LogP contribution < -0.4 is 43.8 Å². The van der Waals surface area contributed by atoms with Gasteiger partial charge in [-0.3, -0.25) is 19.4 Å². The number of aromatic hydroxyl groups is 1. The lowest BCUT2D eigenvalue weighted by molar-refractivity contribution is -0.129. The van der Waals surface area contributed by atoms with E-state index < -0.39 is 12.1 Å². The number of benzene rings is 1. The third kappa shape index (κ3) is 18.4. The molecule has 0 heterocycles. The highest BCUT2D eigenvalue weighted by molar-refractivity contribution is 14.1. The number of hydrogen-bond donors (Lipinski definition) is 9. The van der Waals surface area contributed by atoms with E-state index in [-0.39, 0.29) is 29.4 Å². The quantitative estimate of drug-likeness (QED) is 0.0322. The lowest BCUT2D eigenvalue weighted by Gasteiger charge is -2.19. The van der Waals surface area contributed by atoms with Crippen molar-refractivity contribution < 1.29 is 19.5 Å². The van der Waals surface area contributed by atoms with Gasteiger partial charge in [0, 0.05) is 32.5 Å². The smallest absolute Gasteiger partial charge is 0.242 e. The Labute approximate surface area is 282 Å². The van der Waals surface area contributed by atoms with Crippen LogP contribution >= 0.6 is 45.2 Å². The Kier molecular flexibility index (Phi) is 21.3. The molecule has 0 spiro atoms. The van der Waals surface area contributed by atoms with Gasteiger partial charge in [0.1, 0.15) is 11.8 Å². The monoisotopic (exact) mass is 825 g/mol. The molecule has 244 valence electrons. The number of guanidine groups is 1. The average Bonchev–Trinajstić information content (AvgIpc) is 2.95. The minimum Gasteiger partial charge on any atom is -0.506 e. The van der Waals surface area contributed by atoms with Crippen LogP contribution in [0.5, 0.6) is 5.75 Å². The molecule has 0 saturated carbocycles. The molecule has 0 saturated heterocycles. The van der Waals surface area contributed by atoms with E-state index in [2.05, 4.69) is 76.8 Å². The van der Waals surface area contributed by atoms with Gasteiger partial charge in [-0.25, -0.2) is 0 Å². The predicted molar refractivity (Wildman–Crippen MR) is 188 cm³/mol. The summed E-state index contributed by atoms with van der Waals surface area (Å²) in [5.41, 5.74) is 17.2. The van der Waals surface area contributed by atoms with Gasteiger partial charge in [-0.2, -0.15) is 0 Å². The summed E-state index contributed by atoms with van der Waals surface area (Å²) in [6.07, 6.45) is 5.46. The number of phenolic OH excluding ortho intramolecular Hbond substituents is 1. The molecule has 43 heavy (non-hydrogen) atoms.